The molecular weight excluding hydrogens is 456 g/mol. The number of pyridine rings is 1. The number of nitrogens with two attached hydrogens (primary N) is 1. The highest BCUT2D eigenvalue weighted by molar-refractivity contribution is 9.10. The maximum Gasteiger partial charge on any atom is 0.142 e. The Labute approximate surface area is 179 Å². The predicted molar refractivity (Wildman–Crippen MR) is 119 cm³/mol. The van der Waals surface area contributed by atoms with E-state index in [1.54, 1.807) is 0 Å². The summed E-state index contributed by atoms with van der Waals surface area (Å²) in [5.41, 5.74) is 8.25. The van der Waals surface area contributed by atoms with Gasteiger partial charge in [-0.25, -0.2) is 13.8 Å². The molecule has 0 radical (unpaired) electrons. The highest BCUT2D eigenvalue weighted by Crippen LogP contribution is 2.28. The van der Waals surface area contributed by atoms with Gasteiger partial charge in [0.25, 0.3) is 0 Å². The lowest BCUT2D eigenvalue weighted by Crippen LogP contribution is -2.22. The number of aromatic nitrogens is 2. The first kappa shape index (κ1) is 22.1. The van der Waals surface area contributed by atoms with Crippen LogP contribution in [0.25, 0.3) is 11.0 Å². The standard InChI is InChI=1S/C21H26BrF2N3OSi/c1-29(2,3)7-6-28-13-27-5-4-15-11-18(22)20(26-21(15)27)19(25)10-14-8-16(23)12-17(24)9-14/h4-5,8-9,11-12,19H,6-7,10,13,25H2,1-3H3. The Morgan fingerprint density at radius 3 is 2.52 bits per heavy atom. The van der Waals surface area contributed by atoms with Crippen LogP contribution < -0.4 is 5.73 Å². The second-order valence-electron chi connectivity index (χ2n) is 8.49. The van der Waals surface area contributed by atoms with Crippen molar-refractivity contribution in [3.8, 4) is 0 Å². The Balaban J connectivity index is 1.78. The van der Waals surface area contributed by atoms with E-state index in [1.807, 2.05) is 22.9 Å². The molecule has 29 heavy (non-hydrogen) atoms. The van der Waals surface area contributed by atoms with Crippen molar-refractivity contribution in [2.45, 2.75) is 44.9 Å². The van der Waals surface area contributed by atoms with Crippen molar-refractivity contribution in [2.75, 3.05) is 6.61 Å². The van der Waals surface area contributed by atoms with E-state index in [-0.39, 0.29) is 6.42 Å². The third-order valence-electron chi connectivity index (χ3n) is 4.67. The van der Waals surface area contributed by atoms with Crippen molar-refractivity contribution in [2.24, 2.45) is 5.73 Å². The van der Waals surface area contributed by atoms with E-state index in [9.17, 15) is 8.78 Å². The van der Waals surface area contributed by atoms with Gasteiger partial charge in [-0.2, -0.15) is 0 Å². The van der Waals surface area contributed by atoms with Gasteiger partial charge in [-0.1, -0.05) is 19.6 Å². The largest absolute Gasteiger partial charge is 0.361 e. The fourth-order valence-electron chi connectivity index (χ4n) is 3.09. The summed E-state index contributed by atoms with van der Waals surface area (Å²) in [6.07, 6.45) is 2.22. The normalized spacial score (nSPS) is 13.2. The summed E-state index contributed by atoms with van der Waals surface area (Å²) in [6, 6.07) is 7.98. The van der Waals surface area contributed by atoms with Crippen molar-refractivity contribution in [3.05, 3.63) is 63.9 Å². The first-order chi connectivity index (χ1) is 13.6. The van der Waals surface area contributed by atoms with Crippen molar-refractivity contribution in [3.63, 3.8) is 0 Å². The molecule has 1 atom stereocenters. The van der Waals surface area contributed by atoms with Gasteiger partial charge in [0.05, 0.1) is 11.7 Å². The van der Waals surface area contributed by atoms with Crippen LogP contribution in [0.15, 0.2) is 41.0 Å². The van der Waals surface area contributed by atoms with Crippen LogP contribution in [0.5, 0.6) is 0 Å². The van der Waals surface area contributed by atoms with E-state index >= 15 is 0 Å². The van der Waals surface area contributed by atoms with Gasteiger partial charge in [-0.15, -0.1) is 0 Å². The average molecular weight is 482 g/mol. The Morgan fingerprint density at radius 2 is 1.86 bits per heavy atom. The zero-order valence-electron chi connectivity index (χ0n) is 16.9. The molecule has 2 N–H and O–H groups in total. The molecule has 0 spiro atoms. The minimum Gasteiger partial charge on any atom is -0.361 e. The molecule has 0 saturated heterocycles. The monoisotopic (exact) mass is 481 g/mol. The molecule has 2 heterocycles. The van der Waals surface area contributed by atoms with Crippen LogP contribution in [-0.4, -0.2) is 24.2 Å². The third kappa shape index (κ3) is 5.94. The summed E-state index contributed by atoms with van der Waals surface area (Å²) in [6.45, 7) is 8.10. The molecule has 3 aromatic rings. The molecule has 0 amide bonds. The maximum absolute atomic E-state index is 13.5. The van der Waals surface area contributed by atoms with E-state index in [0.29, 0.717) is 18.0 Å². The van der Waals surface area contributed by atoms with Gasteiger partial charge < -0.3 is 15.0 Å². The van der Waals surface area contributed by atoms with E-state index in [1.165, 1.54) is 12.1 Å². The molecule has 0 aliphatic rings. The van der Waals surface area contributed by atoms with Crippen LogP contribution in [0.2, 0.25) is 25.7 Å². The minimum atomic E-state index is -1.14. The molecule has 0 saturated carbocycles. The van der Waals surface area contributed by atoms with E-state index in [2.05, 4.69) is 35.6 Å². The van der Waals surface area contributed by atoms with Crippen LogP contribution in [0, 0.1) is 11.6 Å². The Bertz CT molecular complexity index is 983. The summed E-state index contributed by atoms with van der Waals surface area (Å²) in [7, 11) is -1.14. The average Bonchev–Trinajstić information content (AvgIpc) is 2.98. The molecule has 156 valence electrons. The molecule has 0 aliphatic carbocycles. The maximum atomic E-state index is 13.5. The second-order valence-corrected chi connectivity index (χ2v) is 15.0. The number of hydrogen-bond acceptors (Lipinski definition) is 3. The molecule has 1 unspecified atom stereocenters. The molecule has 2 aromatic heterocycles. The van der Waals surface area contributed by atoms with Gasteiger partial charge in [-0.05, 0) is 58.2 Å². The number of benzene rings is 1. The molecule has 0 aliphatic heterocycles. The molecule has 0 fully saturated rings. The Hall–Kier alpha value is -1.61. The molecule has 8 heteroatoms. The number of halogens is 3. The zero-order valence-corrected chi connectivity index (χ0v) is 19.5. The third-order valence-corrected chi connectivity index (χ3v) is 7.01. The Kier molecular flexibility index (Phi) is 6.88. The van der Waals surface area contributed by atoms with Crippen molar-refractivity contribution in [1.82, 2.24) is 9.55 Å². The van der Waals surface area contributed by atoms with Crippen molar-refractivity contribution >= 4 is 35.0 Å². The lowest BCUT2D eigenvalue weighted by atomic mass is 10.0. The van der Waals surface area contributed by atoms with E-state index < -0.39 is 25.8 Å². The number of rotatable bonds is 8. The van der Waals surface area contributed by atoms with Crippen molar-refractivity contribution in [1.29, 1.82) is 0 Å². The van der Waals surface area contributed by atoms with Crippen LogP contribution in [0.4, 0.5) is 8.78 Å². The van der Waals surface area contributed by atoms with E-state index in [0.717, 1.165) is 34.2 Å². The number of nitrogens with zero attached hydrogens (tertiary/aromatic N) is 2. The summed E-state index contributed by atoms with van der Waals surface area (Å²) >= 11 is 3.53. The van der Waals surface area contributed by atoms with Crippen LogP contribution in [0.3, 0.4) is 0 Å². The molecule has 1 aromatic carbocycles. The highest BCUT2D eigenvalue weighted by Gasteiger charge is 2.17. The van der Waals surface area contributed by atoms with Crippen molar-refractivity contribution < 1.29 is 13.5 Å². The summed E-state index contributed by atoms with van der Waals surface area (Å²) in [5.74, 6) is -1.22. The number of ether oxygens (including phenoxy) is 1. The predicted octanol–water partition coefficient (Wildman–Crippen LogP) is 5.63. The first-order valence-corrected chi connectivity index (χ1v) is 14.1. The first-order valence-electron chi connectivity index (χ1n) is 9.56. The quantitative estimate of drug-likeness (QED) is 0.334. The molecule has 4 nitrogen and oxygen atoms in total. The topological polar surface area (TPSA) is 53.1 Å². The highest BCUT2D eigenvalue weighted by atomic mass is 79.9. The zero-order chi connectivity index (χ0) is 21.2. The fourth-order valence-corrected chi connectivity index (χ4v) is 4.47. The minimum absolute atomic E-state index is 0.277. The molecule has 0 bridgehead atoms. The van der Waals surface area contributed by atoms with Crippen LogP contribution in [0.1, 0.15) is 17.3 Å². The van der Waals surface area contributed by atoms with Gasteiger partial charge in [-0.3, -0.25) is 0 Å². The Morgan fingerprint density at radius 1 is 1.17 bits per heavy atom. The van der Waals surface area contributed by atoms with Gasteiger partial charge in [0, 0.05) is 36.8 Å². The molecular formula is C21H26BrF2N3OSi. The fraction of sp³-hybridized carbons (Fsp3) is 0.381. The summed E-state index contributed by atoms with van der Waals surface area (Å²) in [5, 5.41) is 0.971. The lowest BCUT2D eigenvalue weighted by Gasteiger charge is -2.16. The van der Waals surface area contributed by atoms with Gasteiger partial charge in [0.2, 0.25) is 0 Å². The second kappa shape index (κ2) is 9.03. The number of fused-ring (bicyclic) bond motifs is 1. The lowest BCUT2D eigenvalue weighted by molar-refractivity contribution is 0.0898. The number of hydrogen-bond donors (Lipinski definition) is 1. The van der Waals surface area contributed by atoms with Crippen LogP contribution >= 0.6 is 15.9 Å². The van der Waals surface area contributed by atoms with Gasteiger partial charge in [0.1, 0.15) is 24.0 Å². The van der Waals surface area contributed by atoms with E-state index in [4.69, 9.17) is 15.5 Å². The SMILES string of the molecule is C[Si](C)(C)CCOCn1ccc2cc(Br)c(C(N)Cc3cc(F)cc(F)c3)nc21. The summed E-state index contributed by atoms with van der Waals surface area (Å²) in [4.78, 5) is 4.74. The molecule has 3 rings (SSSR count). The van der Waals surface area contributed by atoms with Crippen LogP contribution in [-0.2, 0) is 17.9 Å². The van der Waals surface area contributed by atoms with Gasteiger partial charge >= 0.3 is 0 Å². The van der Waals surface area contributed by atoms with Gasteiger partial charge in [0.15, 0.2) is 0 Å². The smallest absolute Gasteiger partial charge is 0.142 e. The summed E-state index contributed by atoms with van der Waals surface area (Å²) < 4.78 is 35.5.